The Morgan fingerprint density at radius 1 is 1.50 bits per heavy atom. The van der Waals surface area contributed by atoms with Crippen LogP contribution in [0.4, 0.5) is 0 Å². The molecular formula is C4H10ClNO3S. The summed E-state index contributed by atoms with van der Waals surface area (Å²) < 4.78 is 30.2. The molecule has 6 heteroatoms. The van der Waals surface area contributed by atoms with Crippen LogP contribution in [0.2, 0.25) is 0 Å². The van der Waals surface area contributed by atoms with Crippen molar-refractivity contribution in [3.05, 3.63) is 0 Å². The molecule has 1 atom stereocenters. The molecule has 0 aromatic rings. The van der Waals surface area contributed by atoms with Crippen LogP contribution in [0.5, 0.6) is 0 Å². The number of halogens is 1. The van der Waals surface area contributed by atoms with Gasteiger partial charge in [-0.05, 0) is 5.92 Å². The van der Waals surface area contributed by atoms with Gasteiger partial charge in [0, 0.05) is 0 Å². The fourth-order valence-corrected chi connectivity index (χ4v) is 1.17. The zero-order valence-corrected chi connectivity index (χ0v) is 7.28. The lowest BCUT2D eigenvalue weighted by Crippen LogP contribution is -2.33. The van der Waals surface area contributed by atoms with E-state index in [4.69, 9.17) is 16.2 Å². The second-order valence-corrected chi connectivity index (χ2v) is 3.89. The van der Waals surface area contributed by atoms with Crippen LogP contribution in [0.15, 0.2) is 0 Å². The second-order valence-electron chi connectivity index (χ2n) is 2.24. The van der Waals surface area contributed by atoms with Gasteiger partial charge in [-0.15, -0.1) is 11.6 Å². The van der Waals surface area contributed by atoms with E-state index in [-0.39, 0.29) is 5.92 Å². The van der Waals surface area contributed by atoms with Crippen LogP contribution in [0.3, 0.4) is 0 Å². The molecule has 0 aliphatic carbocycles. The van der Waals surface area contributed by atoms with Crippen LogP contribution >= 0.6 is 11.6 Å². The lowest BCUT2D eigenvalue weighted by Gasteiger charge is -2.11. The molecule has 0 aliphatic rings. The van der Waals surface area contributed by atoms with Gasteiger partial charge in [-0.25, -0.2) is 0 Å². The molecular weight excluding hydrogens is 178 g/mol. The highest BCUT2D eigenvalue weighted by Crippen LogP contribution is 2.05. The molecule has 0 saturated carbocycles. The highest BCUT2D eigenvalue weighted by Gasteiger charge is 2.14. The number of nitrogens with one attached hydrogen (secondary N) is 1. The van der Waals surface area contributed by atoms with Gasteiger partial charge < -0.3 is 0 Å². The molecule has 2 N–H and O–H groups in total. The van der Waals surface area contributed by atoms with Crippen molar-refractivity contribution in [1.82, 2.24) is 4.72 Å². The van der Waals surface area contributed by atoms with Crippen LogP contribution in [-0.2, 0) is 10.3 Å². The molecule has 0 saturated heterocycles. The molecule has 0 heterocycles. The van der Waals surface area contributed by atoms with Crippen LogP contribution < -0.4 is 4.72 Å². The fourth-order valence-electron chi connectivity index (χ4n) is 0.278. The molecule has 0 fully saturated rings. The topological polar surface area (TPSA) is 66.4 Å². The lowest BCUT2D eigenvalue weighted by molar-refractivity contribution is 0.450. The molecule has 0 rings (SSSR count). The fraction of sp³-hybridized carbons (Fsp3) is 1.00. The number of hydrogen-bond acceptors (Lipinski definition) is 2. The van der Waals surface area contributed by atoms with Crippen molar-refractivity contribution in [2.24, 2.45) is 5.92 Å². The zero-order valence-electron chi connectivity index (χ0n) is 5.70. The first-order valence-corrected chi connectivity index (χ1v) is 4.59. The number of rotatable bonds is 3. The van der Waals surface area contributed by atoms with Gasteiger partial charge in [0.25, 0.3) is 0 Å². The molecule has 0 bridgehead atoms. The second kappa shape index (κ2) is 3.52. The normalized spacial score (nSPS) is 15.7. The predicted molar refractivity (Wildman–Crippen MR) is 39.2 cm³/mol. The lowest BCUT2D eigenvalue weighted by atomic mass is 10.2. The summed E-state index contributed by atoms with van der Waals surface area (Å²) in [7, 11) is -4.15. The monoisotopic (exact) mass is 187 g/mol. The quantitative estimate of drug-likeness (QED) is 0.386. The van der Waals surface area contributed by atoms with Crippen LogP contribution in [0.1, 0.15) is 13.8 Å². The van der Waals surface area contributed by atoms with Crippen LogP contribution in [0.25, 0.3) is 0 Å². The van der Waals surface area contributed by atoms with Crippen molar-refractivity contribution >= 4 is 21.9 Å². The minimum Gasteiger partial charge on any atom is -0.273 e. The molecule has 0 amide bonds. The minimum atomic E-state index is -4.15. The first kappa shape index (κ1) is 10.2. The SMILES string of the molecule is CC(C)C(Cl)NS(=O)(=O)O. The van der Waals surface area contributed by atoms with E-state index in [9.17, 15) is 8.42 Å². The molecule has 4 nitrogen and oxygen atoms in total. The van der Waals surface area contributed by atoms with Gasteiger partial charge in [0.05, 0.1) is 0 Å². The van der Waals surface area contributed by atoms with Crippen molar-refractivity contribution in [2.45, 2.75) is 19.3 Å². The summed E-state index contributed by atoms with van der Waals surface area (Å²) in [6, 6.07) is 0. The van der Waals surface area contributed by atoms with E-state index in [0.717, 1.165) is 0 Å². The maximum Gasteiger partial charge on any atom is 0.334 e. The Morgan fingerprint density at radius 3 is 2.00 bits per heavy atom. The summed E-state index contributed by atoms with van der Waals surface area (Å²) in [6.07, 6.45) is 0. The van der Waals surface area contributed by atoms with Gasteiger partial charge in [-0.1, -0.05) is 13.8 Å². The first-order valence-electron chi connectivity index (χ1n) is 2.71. The Labute approximate surface area is 65.5 Å². The predicted octanol–water partition coefficient (Wildman–Crippen LogP) is 0.600. The van der Waals surface area contributed by atoms with Crippen molar-refractivity contribution < 1.29 is 13.0 Å². The molecule has 0 aromatic heterocycles. The summed E-state index contributed by atoms with van der Waals surface area (Å²) in [4.78, 5) is 0. The summed E-state index contributed by atoms with van der Waals surface area (Å²) in [5, 5.41) is 0. The van der Waals surface area contributed by atoms with E-state index in [0.29, 0.717) is 0 Å². The Morgan fingerprint density at radius 2 is 1.90 bits per heavy atom. The third kappa shape index (κ3) is 4.99. The van der Waals surface area contributed by atoms with Gasteiger partial charge in [0.1, 0.15) is 5.50 Å². The summed E-state index contributed by atoms with van der Waals surface area (Å²) >= 11 is 5.45. The summed E-state index contributed by atoms with van der Waals surface area (Å²) in [5.41, 5.74) is -0.755. The molecule has 62 valence electrons. The standard InChI is InChI=1S/C4H10ClNO3S/c1-3(2)4(5)6-10(7,8)9/h3-4,6H,1-2H3,(H,7,8,9). The van der Waals surface area contributed by atoms with Crippen molar-refractivity contribution in [1.29, 1.82) is 0 Å². The molecule has 10 heavy (non-hydrogen) atoms. The minimum absolute atomic E-state index is 0.0522. The summed E-state index contributed by atoms with van der Waals surface area (Å²) in [6.45, 7) is 3.46. The van der Waals surface area contributed by atoms with E-state index in [1.807, 2.05) is 4.72 Å². The first-order chi connectivity index (χ1) is 4.33. The third-order valence-corrected chi connectivity index (χ3v) is 2.14. The molecule has 0 aromatic carbocycles. The van der Waals surface area contributed by atoms with Gasteiger partial charge in [0.2, 0.25) is 0 Å². The smallest absolute Gasteiger partial charge is 0.273 e. The van der Waals surface area contributed by atoms with E-state index in [1.54, 1.807) is 13.8 Å². The Balaban J connectivity index is 3.93. The van der Waals surface area contributed by atoms with Crippen molar-refractivity contribution in [3.8, 4) is 0 Å². The van der Waals surface area contributed by atoms with Gasteiger partial charge in [-0.3, -0.25) is 4.55 Å². The average Bonchev–Trinajstić information content (AvgIpc) is 1.60. The Kier molecular flexibility index (Phi) is 3.58. The molecule has 0 aliphatic heterocycles. The highest BCUT2D eigenvalue weighted by molar-refractivity contribution is 7.83. The van der Waals surface area contributed by atoms with Gasteiger partial charge >= 0.3 is 10.3 Å². The Hall–Kier alpha value is 0.160. The van der Waals surface area contributed by atoms with E-state index < -0.39 is 15.8 Å². The van der Waals surface area contributed by atoms with Crippen molar-refractivity contribution in [3.63, 3.8) is 0 Å². The average molecular weight is 188 g/mol. The molecule has 0 spiro atoms. The number of hydrogen-bond donors (Lipinski definition) is 2. The third-order valence-electron chi connectivity index (χ3n) is 0.847. The maximum absolute atomic E-state index is 10.1. The molecule has 1 unspecified atom stereocenters. The highest BCUT2D eigenvalue weighted by atomic mass is 35.5. The Bertz CT molecular complexity index is 189. The van der Waals surface area contributed by atoms with Crippen LogP contribution in [-0.4, -0.2) is 18.5 Å². The van der Waals surface area contributed by atoms with Crippen molar-refractivity contribution in [2.75, 3.05) is 0 Å². The van der Waals surface area contributed by atoms with Gasteiger partial charge in [0.15, 0.2) is 0 Å². The molecule has 0 radical (unpaired) electrons. The van der Waals surface area contributed by atoms with E-state index in [1.165, 1.54) is 0 Å². The largest absolute Gasteiger partial charge is 0.334 e. The van der Waals surface area contributed by atoms with Gasteiger partial charge in [-0.2, -0.15) is 13.1 Å². The number of alkyl halides is 1. The van der Waals surface area contributed by atoms with E-state index >= 15 is 0 Å². The van der Waals surface area contributed by atoms with Crippen LogP contribution in [0, 0.1) is 5.92 Å². The maximum atomic E-state index is 10.1. The van der Waals surface area contributed by atoms with E-state index in [2.05, 4.69) is 0 Å². The summed E-state index contributed by atoms with van der Waals surface area (Å²) in [5.74, 6) is -0.0522. The zero-order chi connectivity index (χ0) is 8.36.